The lowest BCUT2D eigenvalue weighted by Crippen LogP contribution is -2.40. The third kappa shape index (κ3) is 58.5. The largest absolute Gasteiger partial charge is 0.477 e. The zero-order valence-corrected chi connectivity index (χ0v) is 49.7. The molecule has 0 saturated heterocycles. The lowest BCUT2D eigenvalue weighted by atomic mass is 10.0. The van der Waals surface area contributed by atoms with Gasteiger partial charge in [-0.25, -0.2) is 4.79 Å². The minimum absolute atomic E-state index is 0.184. The van der Waals surface area contributed by atoms with E-state index in [1.165, 1.54) is 199 Å². The Hall–Kier alpha value is -3.01. The Morgan fingerprint density at radius 3 is 1.09 bits per heavy atom. The molecule has 0 radical (unpaired) electrons. The van der Waals surface area contributed by atoms with Gasteiger partial charge in [-0.15, -0.1) is 0 Å². The van der Waals surface area contributed by atoms with Crippen molar-refractivity contribution >= 4 is 17.9 Å². The van der Waals surface area contributed by atoms with Crippen molar-refractivity contribution in [3.63, 3.8) is 0 Å². The van der Waals surface area contributed by atoms with Crippen molar-refractivity contribution in [2.45, 2.75) is 296 Å². The maximum absolute atomic E-state index is 12.9. The van der Waals surface area contributed by atoms with Crippen LogP contribution in [-0.4, -0.2) is 87.4 Å². The molecule has 75 heavy (non-hydrogen) atoms. The Balaban J connectivity index is 4.15. The molecule has 0 heterocycles. The minimum Gasteiger partial charge on any atom is -0.477 e. The highest BCUT2D eigenvalue weighted by Crippen LogP contribution is 2.17. The average molecular weight is 1060 g/mol. The number of carbonyl (C=O) groups is 3. The molecule has 9 nitrogen and oxygen atoms in total. The molecule has 436 valence electrons. The van der Waals surface area contributed by atoms with Crippen LogP contribution in [0.2, 0.25) is 0 Å². The van der Waals surface area contributed by atoms with Gasteiger partial charge in [-0.2, -0.15) is 0 Å². The molecule has 0 aliphatic heterocycles. The lowest BCUT2D eigenvalue weighted by Gasteiger charge is -2.25. The first kappa shape index (κ1) is 72.0. The van der Waals surface area contributed by atoms with Crippen LogP contribution in [0.15, 0.2) is 60.8 Å². The van der Waals surface area contributed by atoms with Crippen molar-refractivity contribution < 1.29 is 42.9 Å². The Morgan fingerprint density at radius 2 is 0.720 bits per heavy atom. The standard InChI is InChI=1S/C66H119NO8/c1-6-8-10-12-14-16-18-20-22-24-26-27-28-29-30-31-32-33-34-35-36-37-39-41-43-45-47-49-51-53-55-57-64(69)75-62(61-74-66(65(70)71)72-59-58-67(3,4)5)60-73-63(68)56-54-52-50-48-46-44-42-40-38-25-23-21-19-17-15-13-11-9-7-2/h15,17-18,20-21,23-24,26,28-29,62,66H,6-14,16,19,22,25,27,30-61H2,1-5H3/p+1/b17-15-,20-18-,23-21-,26-24-,29-28-. The lowest BCUT2D eigenvalue weighted by molar-refractivity contribution is -0.870. The summed E-state index contributed by atoms with van der Waals surface area (Å²) in [5.41, 5.74) is 0. The van der Waals surface area contributed by atoms with Gasteiger partial charge < -0.3 is 28.5 Å². The number of unbranched alkanes of at least 4 members (excludes halogenated alkanes) is 33. The molecule has 1 N–H and O–H groups in total. The van der Waals surface area contributed by atoms with E-state index in [2.05, 4.69) is 74.6 Å². The summed E-state index contributed by atoms with van der Waals surface area (Å²) in [6.45, 7) is 4.86. The summed E-state index contributed by atoms with van der Waals surface area (Å²) >= 11 is 0. The van der Waals surface area contributed by atoms with Crippen LogP contribution in [0.3, 0.4) is 0 Å². The van der Waals surface area contributed by atoms with Crippen molar-refractivity contribution in [1.82, 2.24) is 0 Å². The van der Waals surface area contributed by atoms with E-state index >= 15 is 0 Å². The average Bonchev–Trinajstić information content (AvgIpc) is 3.38. The van der Waals surface area contributed by atoms with Gasteiger partial charge in [0.2, 0.25) is 0 Å². The van der Waals surface area contributed by atoms with E-state index in [-0.39, 0.29) is 32.2 Å². The van der Waals surface area contributed by atoms with E-state index < -0.39 is 24.3 Å². The van der Waals surface area contributed by atoms with Crippen molar-refractivity contribution in [3.05, 3.63) is 60.8 Å². The molecular weight excluding hydrogens is 935 g/mol. The number of esters is 2. The molecule has 2 atom stereocenters. The van der Waals surface area contributed by atoms with Gasteiger partial charge in [-0.1, -0.05) is 248 Å². The van der Waals surface area contributed by atoms with Gasteiger partial charge in [-0.05, 0) is 83.5 Å². The molecular formula is C66H120NO8+. The second-order valence-electron chi connectivity index (χ2n) is 22.4. The fraction of sp³-hybridized carbons (Fsp3) is 0.803. The number of likely N-dealkylation sites (N-methyl/N-ethyl adjacent to an activating group) is 1. The van der Waals surface area contributed by atoms with Gasteiger partial charge in [0.1, 0.15) is 13.2 Å². The second kappa shape index (κ2) is 57.2. The number of rotatable bonds is 58. The van der Waals surface area contributed by atoms with Crippen LogP contribution in [0.4, 0.5) is 0 Å². The molecule has 0 aliphatic rings. The quantitative estimate of drug-likeness (QED) is 0.0211. The number of carboxylic acid groups (broad SMARTS) is 1. The van der Waals surface area contributed by atoms with Crippen LogP contribution in [0.25, 0.3) is 0 Å². The molecule has 0 spiro atoms. The van der Waals surface area contributed by atoms with Crippen molar-refractivity contribution in [2.75, 3.05) is 47.5 Å². The van der Waals surface area contributed by atoms with Crippen LogP contribution in [0.5, 0.6) is 0 Å². The fourth-order valence-corrected chi connectivity index (χ4v) is 8.88. The highest BCUT2D eigenvalue weighted by molar-refractivity contribution is 5.71. The van der Waals surface area contributed by atoms with Crippen molar-refractivity contribution in [3.8, 4) is 0 Å². The summed E-state index contributed by atoms with van der Waals surface area (Å²) in [7, 11) is 5.97. The number of carbonyl (C=O) groups excluding carboxylic acids is 2. The van der Waals surface area contributed by atoms with E-state index in [9.17, 15) is 19.5 Å². The van der Waals surface area contributed by atoms with Gasteiger partial charge in [0, 0.05) is 12.8 Å². The number of hydrogen-bond acceptors (Lipinski definition) is 7. The molecule has 0 aromatic heterocycles. The highest BCUT2D eigenvalue weighted by Gasteiger charge is 2.25. The summed E-state index contributed by atoms with van der Waals surface area (Å²) in [4.78, 5) is 37.5. The molecule has 0 bridgehead atoms. The first-order valence-corrected chi connectivity index (χ1v) is 31.5. The minimum atomic E-state index is -1.51. The smallest absolute Gasteiger partial charge is 0.361 e. The maximum atomic E-state index is 12.9. The maximum Gasteiger partial charge on any atom is 0.361 e. The number of carboxylic acids is 1. The van der Waals surface area contributed by atoms with Crippen molar-refractivity contribution in [1.29, 1.82) is 0 Å². The monoisotopic (exact) mass is 1050 g/mol. The molecule has 9 heteroatoms. The second-order valence-corrected chi connectivity index (χ2v) is 22.4. The van der Waals surface area contributed by atoms with Crippen LogP contribution in [0.1, 0.15) is 284 Å². The summed E-state index contributed by atoms with van der Waals surface area (Å²) in [5, 5.41) is 9.72. The van der Waals surface area contributed by atoms with E-state index in [4.69, 9.17) is 18.9 Å². The zero-order valence-electron chi connectivity index (χ0n) is 49.7. The number of hydrogen-bond donors (Lipinski definition) is 1. The highest BCUT2D eigenvalue weighted by atomic mass is 16.7. The van der Waals surface area contributed by atoms with Gasteiger partial charge in [0.05, 0.1) is 34.4 Å². The molecule has 0 fully saturated rings. The first-order chi connectivity index (χ1) is 36.6. The van der Waals surface area contributed by atoms with Gasteiger partial charge in [0.25, 0.3) is 6.29 Å². The topological polar surface area (TPSA) is 108 Å². The molecule has 0 saturated carbocycles. The Kier molecular flexibility index (Phi) is 54.9. The van der Waals surface area contributed by atoms with Crippen molar-refractivity contribution in [2.24, 2.45) is 0 Å². The van der Waals surface area contributed by atoms with E-state index in [0.29, 0.717) is 17.4 Å². The van der Waals surface area contributed by atoms with E-state index in [1.54, 1.807) is 0 Å². The summed E-state index contributed by atoms with van der Waals surface area (Å²) in [5.74, 6) is -2.00. The van der Waals surface area contributed by atoms with Gasteiger partial charge in [-0.3, -0.25) is 9.59 Å². The Morgan fingerprint density at radius 1 is 0.400 bits per heavy atom. The number of nitrogens with zero attached hydrogens (tertiary/aromatic N) is 1. The summed E-state index contributed by atoms with van der Waals surface area (Å²) in [6, 6.07) is 0. The predicted molar refractivity (Wildman–Crippen MR) is 318 cm³/mol. The zero-order chi connectivity index (χ0) is 54.8. The SMILES string of the molecule is CCCCC/C=C\C/C=C\CCCCCCCCCCCC(=O)OCC(COC(OCC[N+](C)(C)C)C(=O)O)OC(=O)CCCCCCCCCCCCCCCCCC/C=C\C/C=C\C/C=C\CCCCCCC. The molecule has 2 unspecified atom stereocenters. The molecule has 0 aromatic carbocycles. The van der Waals surface area contributed by atoms with Crippen LogP contribution in [-0.2, 0) is 33.3 Å². The Bertz CT molecular complexity index is 1410. The normalized spacial score (nSPS) is 13.1. The van der Waals surface area contributed by atoms with Crippen LogP contribution >= 0.6 is 0 Å². The number of ether oxygens (including phenoxy) is 4. The molecule has 0 rings (SSSR count). The van der Waals surface area contributed by atoms with Gasteiger partial charge >= 0.3 is 17.9 Å². The third-order valence-electron chi connectivity index (χ3n) is 13.7. The summed E-state index contributed by atoms with van der Waals surface area (Å²) in [6.07, 6.45) is 70.2. The Labute approximate surface area is 463 Å². The van der Waals surface area contributed by atoms with Crippen LogP contribution < -0.4 is 0 Å². The number of allylic oxidation sites excluding steroid dienone is 10. The first-order valence-electron chi connectivity index (χ1n) is 31.5. The van der Waals surface area contributed by atoms with E-state index in [0.717, 1.165) is 57.8 Å². The van der Waals surface area contributed by atoms with Crippen LogP contribution in [0, 0.1) is 0 Å². The number of aliphatic carboxylic acids is 1. The third-order valence-corrected chi connectivity index (χ3v) is 13.7. The fourth-order valence-electron chi connectivity index (χ4n) is 8.88. The molecule has 0 amide bonds. The molecule has 0 aromatic rings. The van der Waals surface area contributed by atoms with Gasteiger partial charge in [0.15, 0.2) is 6.10 Å². The number of quaternary nitrogens is 1. The molecule has 0 aliphatic carbocycles. The summed E-state index contributed by atoms with van der Waals surface area (Å²) < 4.78 is 22.9. The predicted octanol–water partition coefficient (Wildman–Crippen LogP) is 18.8. The van der Waals surface area contributed by atoms with E-state index in [1.807, 2.05) is 21.1 Å².